The quantitative estimate of drug-likeness (QED) is 0.431. The summed E-state index contributed by atoms with van der Waals surface area (Å²) >= 11 is 0. The van der Waals surface area contributed by atoms with Crippen molar-refractivity contribution in [1.82, 2.24) is 9.97 Å². The SMILES string of the molecule is COCc1ccnc(OCC(C=Nc2ccc(F)c(C(C)(F)F)c2)=NN)n1. The third-order valence-electron chi connectivity index (χ3n) is 3.28. The van der Waals surface area contributed by atoms with E-state index < -0.39 is 17.3 Å². The lowest BCUT2D eigenvalue weighted by atomic mass is 10.1. The maximum Gasteiger partial charge on any atom is 0.317 e. The van der Waals surface area contributed by atoms with Crippen molar-refractivity contribution in [2.24, 2.45) is 15.9 Å². The van der Waals surface area contributed by atoms with Crippen molar-refractivity contribution in [2.45, 2.75) is 19.5 Å². The standard InChI is InChI=1S/C17H18F3N5O2/c1-17(19,20)14-7-11(3-4-15(14)18)23-8-13(25-21)10-27-16-22-6-5-12(24-16)9-26-2/h3-8H,9-10,21H2,1-2H3. The molecule has 144 valence electrons. The number of rotatable bonds is 8. The Kier molecular flexibility index (Phi) is 6.83. The highest BCUT2D eigenvalue weighted by Gasteiger charge is 2.28. The van der Waals surface area contributed by atoms with Crippen molar-refractivity contribution in [2.75, 3.05) is 13.7 Å². The molecule has 0 saturated heterocycles. The molecule has 2 aromatic rings. The van der Waals surface area contributed by atoms with E-state index in [1.807, 2.05) is 0 Å². The summed E-state index contributed by atoms with van der Waals surface area (Å²) in [6.45, 7) is 0.804. The number of aliphatic imine (C=N–C) groups is 1. The number of alkyl halides is 2. The second-order valence-electron chi connectivity index (χ2n) is 5.48. The van der Waals surface area contributed by atoms with E-state index in [2.05, 4.69) is 20.1 Å². The molecule has 0 bridgehead atoms. The van der Waals surface area contributed by atoms with Gasteiger partial charge in [0, 0.05) is 20.2 Å². The highest BCUT2D eigenvalue weighted by atomic mass is 19.3. The number of aromatic nitrogens is 2. The average molecular weight is 381 g/mol. The average Bonchev–Trinajstić information content (AvgIpc) is 2.63. The Morgan fingerprint density at radius 1 is 1.33 bits per heavy atom. The number of hydrogen-bond donors (Lipinski definition) is 1. The molecule has 0 atom stereocenters. The second-order valence-corrected chi connectivity index (χ2v) is 5.48. The number of methoxy groups -OCH3 is 1. The Labute approximate surface area is 153 Å². The summed E-state index contributed by atoms with van der Waals surface area (Å²) in [5.41, 5.74) is 0.196. The Morgan fingerprint density at radius 3 is 2.78 bits per heavy atom. The molecule has 1 heterocycles. The molecule has 0 amide bonds. The molecule has 1 aromatic heterocycles. The van der Waals surface area contributed by atoms with Crippen molar-refractivity contribution in [3.8, 4) is 6.01 Å². The van der Waals surface area contributed by atoms with Crippen LogP contribution in [0.25, 0.3) is 0 Å². The minimum atomic E-state index is -3.33. The van der Waals surface area contributed by atoms with E-state index in [9.17, 15) is 13.2 Å². The van der Waals surface area contributed by atoms with E-state index in [0.717, 1.165) is 12.1 Å². The van der Waals surface area contributed by atoms with E-state index in [0.29, 0.717) is 19.2 Å². The molecular weight excluding hydrogens is 363 g/mol. The Hall–Kier alpha value is -3.01. The fourth-order valence-electron chi connectivity index (χ4n) is 2.00. The van der Waals surface area contributed by atoms with Gasteiger partial charge in [0.15, 0.2) is 0 Å². The molecule has 0 aliphatic carbocycles. The first kappa shape index (κ1) is 20.3. The molecule has 7 nitrogen and oxygen atoms in total. The molecule has 0 saturated carbocycles. The molecule has 0 aliphatic heterocycles. The van der Waals surface area contributed by atoms with Gasteiger partial charge in [0.25, 0.3) is 5.92 Å². The normalized spacial score (nSPS) is 12.6. The van der Waals surface area contributed by atoms with Crippen molar-refractivity contribution in [3.63, 3.8) is 0 Å². The van der Waals surface area contributed by atoms with Crippen LogP contribution in [-0.4, -0.2) is 35.6 Å². The molecule has 0 aliphatic rings. The fourth-order valence-corrected chi connectivity index (χ4v) is 2.00. The van der Waals surface area contributed by atoms with Crippen molar-refractivity contribution >= 4 is 17.6 Å². The van der Waals surface area contributed by atoms with Gasteiger partial charge in [0.05, 0.1) is 29.8 Å². The first-order chi connectivity index (χ1) is 12.8. The molecule has 0 fully saturated rings. The largest absolute Gasteiger partial charge is 0.457 e. The third-order valence-corrected chi connectivity index (χ3v) is 3.28. The van der Waals surface area contributed by atoms with E-state index in [1.165, 1.54) is 25.6 Å². The zero-order valence-electron chi connectivity index (χ0n) is 14.7. The van der Waals surface area contributed by atoms with Crippen LogP contribution in [-0.2, 0) is 17.3 Å². The minimum Gasteiger partial charge on any atom is -0.457 e. The minimum absolute atomic E-state index is 0.0915. The van der Waals surface area contributed by atoms with Gasteiger partial charge >= 0.3 is 6.01 Å². The summed E-state index contributed by atoms with van der Waals surface area (Å²) in [6, 6.07) is 4.90. The monoisotopic (exact) mass is 381 g/mol. The number of hydrogen-bond acceptors (Lipinski definition) is 7. The summed E-state index contributed by atoms with van der Waals surface area (Å²) < 4.78 is 50.6. The number of ether oxygens (including phenoxy) is 2. The molecule has 2 rings (SSSR count). The van der Waals surface area contributed by atoms with E-state index in [-0.39, 0.29) is 24.0 Å². The first-order valence-electron chi connectivity index (χ1n) is 7.76. The molecule has 27 heavy (non-hydrogen) atoms. The fraction of sp³-hybridized carbons (Fsp3) is 0.294. The number of nitrogens with two attached hydrogens (primary N) is 1. The Bertz CT molecular complexity index is 838. The number of benzene rings is 1. The van der Waals surface area contributed by atoms with Crippen molar-refractivity contribution in [1.29, 1.82) is 0 Å². The zero-order valence-corrected chi connectivity index (χ0v) is 14.7. The van der Waals surface area contributed by atoms with Crippen LogP contribution < -0.4 is 10.6 Å². The van der Waals surface area contributed by atoms with Crippen molar-refractivity contribution < 1.29 is 22.6 Å². The second kappa shape index (κ2) is 9.08. The third kappa shape index (κ3) is 6.03. The van der Waals surface area contributed by atoms with Crippen LogP contribution in [0.4, 0.5) is 18.9 Å². The van der Waals surface area contributed by atoms with Crippen LogP contribution in [0.5, 0.6) is 6.01 Å². The van der Waals surface area contributed by atoms with E-state index in [1.54, 1.807) is 6.07 Å². The van der Waals surface area contributed by atoms with Gasteiger partial charge in [0.2, 0.25) is 0 Å². The lowest BCUT2D eigenvalue weighted by molar-refractivity contribution is 0.0138. The lowest BCUT2D eigenvalue weighted by Gasteiger charge is -2.11. The van der Waals surface area contributed by atoms with Gasteiger partial charge < -0.3 is 15.3 Å². The summed E-state index contributed by atoms with van der Waals surface area (Å²) in [6.07, 6.45) is 2.73. The lowest BCUT2D eigenvalue weighted by Crippen LogP contribution is -2.16. The summed E-state index contributed by atoms with van der Waals surface area (Å²) in [5, 5.41) is 3.51. The number of halogens is 3. The van der Waals surface area contributed by atoms with Crippen LogP contribution >= 0.6 is 0 Å². The molecule has 1 aromatic carbocycles. The zero-order chi connectivity index (χ0) is 19.9. The number of hydrazone groups is 1. The molecule has 0 unspecified atom stereocenters. The van der Waals surface area contributed by atoms with Gasteiger partial charge in [-0.2, -0.15) is 10.1 Å². The van der Waals surface area contributed by atoms with Gasteiger partial charge in [-0.05, 0) is 24.3 Å². The molecule has 0 spiro atoms. The maximum absolute atomic E-state index is 13.5. The van der Waals surface area contributed by atoms with E-state index in [4.69, 9.17) is 15.3 Å². The van der Waals surface area contributed by atoms with Gasteiger partial charge in [-0.1, -0.05) is 0 Å². The summed E-state index contributed by atoms with van der Waals surface area (Å²) in [4.78, 5) is 12.0. The molecule has 10 heteroatoms. The highest BCUT2D eigenvalue weighted by molar-refractivity contribution is 6.31. The van der Waals surface area contributed by atoms with Crippen LogP contribution in [0.2, 0.25) is 0 Å². The Balaban J connectivity index is 2.06. The molecular formula is C17H18F3N5O2. The smallest absolute Gasteiger partial charge is 0.317 e. The summed E-state index contributed by atoms with van der Waals surface area (Å²) in [5.74, 6) is 0.944. The molecule has 0 radical (unpaired) electrons. The maximum atomic E-state index is 13.5. The highest BCUT2D eigenvalue weighted by Crippen LogP contribution is 2.31. The van der Waals surface area contributed by atoms with Gasteiger partial charge in [0.1, 0.15) is 18.1 Å². The molecule has 2 N–H and O–H groups in total. The van der Waals surface area contributed by atoms with Crippen LogP contribution in [0.15, 0.2) is 40.6 Å². The summed E-state index contributed by atoms with van der Waals surface area (Å²) in [7, 11) is 1.54. The van der Waals surface area contributed by atoms with Crippen LogP contribution in [0.1, 0.15) is 18.2 Å². The predicted molar refractivity (Wildman–Crippen MR) is 94.0 cm³/mol. The van der Waals surface area contributed by atoms with Gasteiger partial charge in [-0.15, -0.1) is 0 Å². The predicted octanol–water partition coefficient (Wildman–Crippen LogP) is 2.97. The first-order valence-corrected chi connectivity index (χ1v) is 7.76. The van der Waals surface area contributed by atoms with Gasteiger partial charge in [-0.25, -0.2) is 18.2 Å². The Morgan fingerprint density at radius 2 is 2.11 bits per heavy atom. The van der Waals surface area contributed by atoms with Crippen molar-refractivity contribution in [3.05, 3.63) is 47.5 Å². The van der Waals surface area contributed by atoms with Crippen LogP contribution in [0, 0.1) is 5.82 Å². The van der Waals surface area contributed by atoms with E-state index >= 15 is 0 Å². The van der Waals surface area contributed by atoms with Crippen LogP contribution in [0.3, 0.4) is 0 Å². The van der Waals surface area contributed by atoms with Gasteiger partial charge in [-0.3, -0.25) is 4.99 Å². The number of nitrogens with zero attached hydrogens (tertiary/aromatic N) is 4. The topological polar surface area (TPSA) is 95.0 Å².